The third-order valence-corrected chi connectivity index (χ3v) is 7.39. The lowest BCUT2D eigenvalue weighted by Gasteiger charge is -2.31. The zero-order valence-electron chi connectivity index (χ0n) is 15.3. The molecule has 8 nitrogen and oxygen atoms in total. The summed E-state index contributed by atoms with van der Waals surface area (Å²) in [6, 6.07) is 6.85. The van der Waals surface area contributed by atoms with E-state index >= 15 is 0 Å². The van der Waals surface area contributed by atoms with Crippen molar-refractivity contribution in [3.63, 3.8) is 0 Å². The zero-order valence-corrected chi connectivity index (χ0v) is 16.1. The van der Waals surface area contributed by atoms with E-state index in [2.05, 4.69) is 10.6 Å². The quantitative estimate of drug-likeness (QED) is 0.698. The van der Waals surface area contributed by atoms with E-state index in [1.54, 1.807) is 28.6 Å². The molecular weight excluding hydrogens is 370 g/mol. The largest absolute Gasteiger partial charge is 0.495 e. The summed E-state index contributed by atoms with van der Waals surface area (Å²) in [5.74, 6) is -0.830. The van der Waals surface area contributed by atoms with E-state index in [0.29, 0.717) is 43.9 Å². The van der Waals surface area contributed by atoms with Gasteiger partial charge in [0.25, 0.3) is 0 Å². The van der Waals surface area contributed by atoms with Crippen LogP contribution < -0.4 is 15.4 Å². The number of nitrogens with zero attached hydrogens (tertiary/aromatic N) is 1. The molecular formula is C18H25N3O5S. The molecule has 1 saturated heterocycles. The molecule has 2 N–H and O–H groups in total. The Hall–Kier alpha value is -2.13. The van der Waals surface area contributed by atoms with Crippen molar-refractivity contribution in [1.82, 2.24) is 9.62 Å². The van der Waals surface area contributed by atoms with E-state index in [0.717, 1.165) is 12.8 Å². The number of para-hydroxylation sites is 2. The van der Waals surface area contributed by atoms with Gasteiger partial charge in [-0.2, -0.15) is 0 Å². The lowest BCUT2D eigenvalue weighted by Crippen LogP contribution is -2.44. The van der Waals surface area contributed by atoms with Crippen molar-refractivity contribution in [3.8, 4) is 5.75 Å². The van der Waals surface area contributed by atoms with Crippen LogP contribution in [0.1, 0.15) is 25.7 Å². The molecule has 9 heteroatoms. The van der Waals surface area contributed by atoms with Crippen LogP contribution in [0.25, 0.3) is 0 Å². The van der Waals surface area contributed by atoms with E-state index in [1.165, 1.54) is 7.11 Å². The maximum atomic E-state index is 12.2. The molecule has 2 aliphatic rings. The number of hydrogen-bond acceptors (Lipinski definition) is 5. The van der Waals surface area contributed by atoms with Crippen molar-refractivity contribution in [2.45, 2.75) is 30.9 Å². The third kappa shape index (κ3) is 4.78. The number of methoxy groups -OCH3 is 1. The molecule has 0 atom stereocenters. The summed E-state index contributed by atoms with van der Waals surface area (Å²) in [4.78, 5) is 24.1. The number of amides is 2. The second-order valence-electron chi connectivity index (χ2n) is 6.95. The average molecular weight is 395 g/mol. The number of hydrogen-bond donors (Lipinski definition) is 2. The van der Waals surface area contributed by atoms with Gasteiger partial charge in [-0.15, -0.1) is 0 Å². The standard InChI is InChI=1S/C18H25N3O5S/c1-26-16-5-3-2-4-15(16)20-18(23)17(22)19-12-13-8-10-21(11-9-13)27(24,25)14-6-7-14/h2-5,13-14H,6-12H2,1H3,(H,19,22)(H,20,23). The highest BCUT2D eigenvalue weighted by molar-refractivity contribution is 7.90. The van der Waals surface area contributed by atoms with Gasteiger partial charge in [-0.25, -0.2) is 12.7 Å². The predicted molar refractivity (Wildman–Crippen MR) is 101 cm³/mol. The second-order valence-corrected chi connectivity index (χ2v) is 9.16. The summed E-state index contributed by atoms with van der Waals surface area (Å²) >= 11 is 0. The minimum atomic E-state index is -3.13. The predicted octanol–water partition coefficient (Wildman–Crippen LogP) is 0.954. The number of piperidine rings is 1. The molecule has 1 saturated carbocycles. The molecule has 148 valence electrons. The highest BCUT2D eigenvalue weighted by Gasteiger charge is 2.41. The normalized spacial score (nSPS) is 18.7. The second kappa shape index (κ2) is 8.26. The Morgan fingerprint density at radius 1 is 1.11 bits per heavy atom. The van der Waals surface area contributed by atoms with Gasteiger partial charge in [0.15, 0.2) is 0 Å². The Bertz CT molecular complexity index is 799. The Morgan fingerprint density at radius 3 is 2.41 bits per heavy atom. The van der Waals surface area contributed by atoms with Crippen LogP contribution in [-0.2, 0) is 19.6 Å². The number of rotatable bonds is 6. The van der Waals surface area contributed by atoms with Crippen LogP contribution in [0, 0.1) is 5.92 Å². The van der Waals surface area contributed by atoms with Gasteiger partial charge in [0, 0.05) is 19.6 Å². The van der Waals surface area contributed by atoms with Crippen molar-refractivity contribution >= 4 is 27.5 Å². The zero-order chi connectivity index (χ0) is 19.4. The van der Waals surface area contributed by atoms with Gasteiger partial charge in [0.1, 0.15) is 5.75 Å². The molecule has 1 aromatic carbocycles. The summed E-state index contributed by atoms with van der Waals surface area (Å²) in [7, 11) is -1.64. The molecule has 1 aromatic rings. The van der Waals surface area contributed by atoms with Gasteiger partial charge in [0.2, 0.25) is 10.0 Å². The maximum absolute atomic E-state index is 12.2. The fraction of sp³-hybridized carbons (Fsp3) is 0.556. The first kappa shape index (κ1) is 19.6. The van der Waals surface area contributed by atoms with Crippen LogP contribution in [0.5, 0.6) is 5.75 Å². The van der Waals surface area contributed by atoms with Crippen LogP contribution in [-0.4, -0.2) is 56.5 Å². The van der Waals surface area contributed by atoms with E-state index in [1.807, 2.05) is 0 Å². The van der Waals surface area contributed by atoms with E-state index in [-0.39, 0.29) is 11.2 Å². The summed E-state index contributed by atoms with van der Waals surface area (Å²) in [5, 5.41) is 4.98. The van der Waals surface area contributed by atoms with E-state index in [4.69, 9.17) is 4.74 Å². The van der Waals surface area contributed by atoms with Crippen molar-refractivity contribution < 1.29 is 22.7 Å². The number of ether oxygens (including phenoxy) is 1. The van der Waals surface area contributed by atoms with E-state index < -0.39 is 21.8 Å². The number of anilines is 1. The third-order valence-electron chi connectivity index (χ3n) is 4.99. The van der Waals surface area contributed by atoms with Crippen LogP contribution >= 0.6 is 0 Å². The fourth-order valence-electron chi connectivity index (χ4n) is 3.19. The minimum Gasteiger partial charge on any atom is -0.495 e. The molecule has 2 amide bonds. The maximum Gasteiger partial charge on any atom is 0.313 e. The Kier molecular flexibility index (Phi) is 6.01. The number of nitrogens with one attached hydrogen (secondary N) is 2. The summed E-state index contributed by atoms with van der Waals surface area (Å²) in [6.45, 7) is 1.31. The number of sulfonamides is 1. The molecule has 0 radical (unpaired) electrons. The molecule has 0 bridgehead atoms. The van der Waals surface area contributed by atoms with Crippen LogP contribution in [0.4, 0.5) is 5.69 Å². The first-order valence-electron chi connectivity index (χ1n) is 9.13. The van der Waals surface area contributed by atoms with Crippen molar-refractivity contribution in [2.75, 3.05) is 32.1 Å². The van der Waals surface area contributed by atoms with Crippen molar-refractivity contribution in [1.29, 1.82) is 0 Å². The average Bonchev–Trinajstić information content (AvgIpc) is 3.52. The van der Waals surface area contributed by atoms with E-state index in [9.17, 15) is 18.0 Å². The van der Waals surface area contributed by atoms with Gasteiger partial charge >= 0.3 is 11.8 Å². The minimum absolute atomic E-state index is 0.165. The lowest BCUT2D eigenvalue weighted by atomic mass is 9.98. The molecule has 0 aromatic heterocycles. The van der Waals surface area contributed by atoms with Crippen LogP contribution in [0.3, 0.4) is 0 Å². The molecule has 0 spiro atoms. The molecule has 1 aliphatic heterocycles. The van der Waals surface area contributed by atoms with Crippen molar-refractivity contribution in [2.24, 2.45) is 5.92 Å². The van der Waals surface area contributed by atoms with Crippen LogP contribution in [0.2, 0.25) is 0 Å². The van der Waals surface area contributed by atoms with Gasteiger partial charge in [-0.1, -0.05) is 12.1 Å². The molecule has 3 rings (SSSR count). The van der Waals surface area contributed by atoms with Gasteiger partial charge in [-0.05, 0) is 43.7 Å². The summed E-state index contributed by atoms with van der Waals surface area (Å²) < 4.78 is 31.2. The number of carbonyl (C=O) groups excluding carboxylic acids is 2. The molecule has 1 heterocycles. The monoisotopic (exact) mass is 395 g/mol. The lowest BCUT2D eigenvalue weighted by molar-refractivity contribution is -0.136. The van der Waals surface area contributed by atoms with Crippen LogP contribution in [0.15, 0.2) is 24.3 Å². The topological polar surface area (TPSA) is 105 Å². The molecule has 0 unspecified atom stereocenters. The fourth-order valence-corrected chi connectivity index (χ4v) is 5.06. The Labute approximate surface area is 159 Å². The highest BCUT2D eigenvalue weighted by Crippen LogP contribution is 2.33. The van der Waals surface area contributed by atoms with Gasteiger partial charge in [-0.3, -0.25) is 9.59 Å². The summed E-state index contributed by atoms with van der Waals surface area (Å²) in [5.41, 5.74) is 0.429. The molecule has 1 aliphatic carbocycles. The molecule has 27 heavy (non-hydrogen) atoms. The van der Waals surface area contributed by atoms with Gasteiger partial charge < -0.3 is 15.4 Å². The smallest absolute Gasteiger partial charge is 0.313 e. The molecule has 2 fully saturated rings. The van der Waals surface area contributed by atoms with Crippen molar-refractivity contribution in [3.05, 3.63) is 24.3 Å². The van der Waals surface area contributed by atoms with Gasteiger partial charge in [0.05, 0.1) is 18.0 Å². The first-order valence-corrected chi connectivity index (χ1v) is 10.6. The Balaban J connectivity index is 1.43. The summed E-state index contributed by atoms with van der Waals surface area (Å²) in [6.07, 6.45) is 2.89. The first-order chi connectivity index (χ1) is 12.9. The number of carbonyl (C=O) groups is 2. The SMILES string of the molecule is COc1ccccc1NC(=O)C(=O)NCC1CCN(S(=O)(=O)C2CC2)CC1. The number of benzene rings is 1. The highest BCUT2D eigenvalue weighted by atomic mass is 32.2. The Morgan fingerprint density at radius 2 is 1.78 bits per heavy atom.